The third kappa shape index (κ3) is 6.67. The molecule has 1 unspecified atom stereocenters. The molecule has 0 spiro atoms. The molecule has 0 saturated carbocycles. The number of hydrogen-bond acceptors (Lipinski definition) is 6. The van der Waals surface area contributed by atoms with Crippen LogP contribution in [-0.2, 0) is 9.57 Å². The number of carbonyl (C=O) groups is 2. The van der Waals surface area contributed by atoms with Crippen LogP contribution in [0.25, 0.3) is 0 Å². The van der Waals surface area contributed by atoms with E-state index in [9.17, 15) is 9.59 Å². The Bertz CT molecular complexity index is 644. The minimum Gasteiger partial charge on any atom is -0.486 e. The van der Waals surface area contributed by atoms with Crippen LogP contribution in [0.5, 0.6) is 11.5 Å². The lowest BCUT2D eigenvalue weighted by Gasteiger charge is -2.21. The maximum atomic E-state index is 11.8. The summed E-state index contributed by atoms with van der Waals surface area (Å²) in [5.41, 5.74) is 2.21. The molecule has 0 aromatic heterocycles. The zero-order valence-electron chi connectivity index (χ0n) is 15.4. The van der Waals surface area contributed by atoms with Crippen LogP contribution in [0.3, 0.4) is 0 Å². The van der Waals surface area contributed by atoms with Gasteiger partial charge in [-0.2, -0.15) is 0 Å². The van der Waals surface area contributed by atoms with Gasteiger partial charge in [0.15, 0.2) is 11.5 Å². The number of urea groups is 1. The van der Waals surface area contributed by atoms with Gasteiger partial charge < -0.3 is 24.8 Å². The molecule has 144 valence electrons. The van der Waals surface area contributed by atoms with Crippen molar-refractivity contribution < 1.29 is 28.6 Å². The Morgan fingerprint density at radius 1 is 1.19 bits per heavy atom. The number of ether oxygens (including phenoxy) is 3. The quantitative estimate of drug-likeness (QED) is 0.690. The molecule has 1 heterocycles. The summed E-state index contributed by atoms with van der Waals surface area (Å²) in [7, 11) is 0. The highest BCUT2D eigenvalue weighted by Crippen LogP contribution is 2.32. The van der Waals surface area contributed by atoms with E-state index in [2.05, 4.69) is 16.1 Å². The van der Waals surface area contributed by atoms with E-state index >= 15 is 0 Å². The fraction of sp³-hybridized carbons (Fsp3) is 0.529. The van der Waals surface area contributed by atoms with Gasteiger partial charge in [-0.25, -0.2) is 15.1 Å². The lowest BCUT2D eigenvalue weighted by molar-refractivity contribution is 0.0343. The van der Waals surface area contributed by atoms with Crippen molar-refractivity contribution in [1.29, 1.82) is 0 Å². The van der Waals surface area contributed by atoms with Crippen LogP contribution < -0.4 is 25.6 Å². The largest absolute Gasteiger partial charge is 0.486 e. The van der Waals surface area contributed by atoms with Crippen LogP contribution in [-0.4, -0.2) is 43.6 Å². The van der Waals surface area contributed by atoms with Gasteiger partial charge in [-0.15, -0.1) is 0 Å². The Labute approximate surface area is 152 Å². The number of hydroxylamine groups is 1. The minimum atomic E-state index is -0.577. The average molecular weight is 367 g/mol. The molecule has 1 aliphatic rings. The molecule has 1 aromatic carbocycles. The first-order valence-electron chi connectivity index (χ1n) is 8.31. The number of amides is 3. The van der Waals surface area contributed by atoms with Crippen molar-refractivity contribution in [2.45, 2.75) is 39.3 Å². The highest BCUT2D eigenvalue weighted by molar-refractivity contribution is 5.88. The van der Waals surface area contributed by atoms with E-state index < -0.39 is 17.7 Å². The molecule has 0 saturated heterocycles. The highest BCUT2D eigenvalue weighted by Gasteiger charge is 2.18. The zero-order valence-corrected chi connectivity index (χ0v) is 15.4. The molecule has 0 radical (unpaired) electrons. The van der Waals surface area contributed by atoms with E-state index in [1.165, 1.54) is 0 Å². The summed E-state index contributed by atoms with van der Waals surface area (Å²) in [6.07, 6.45) is -0.547. The summed E-state index contributed by atoms with van der Waals surface area (Å²) in [5, 5.41) is 5.22. The van der Waals surface area contributed by atoms with E-state index in [-0.39, 0.29) is 12.6 Å². The van der Waals surface area contributed by atoms with Crippen LogP contribution in [0.15, 0.2) is 18.2 Å². The number of fused-ring (bicyclic) bond motifs is 1. The van der Waals surface area contributed by atoms with Crippen LogP contribution in [0.2, 0.25) is 0 Å². The third-order valence-corrected chi connectivity index (χ3v) is 3.06. The van der Waals surface area contributed by atoms with Gasteiger partial charge >= 0.3 is 12.1 Å². The van der Waals surface area contributed by atoms with E-state index in [0.717, 1.165) is 0 Å². The van der Waals surface area contributed by atoms with Crippen LogP contribution in [0, 0.1) is 0 Å². The number of anilines is 1. The second-order valence-corrected chi connectivity index (χ2v) is 6.77. The molecule has 3 N–H and O–H groups in total. The van der Waals surface area contributed by atoms with Gasteiger partial charge in [-0.1, -0.05) is 0 Å². The summed E-state index contributed by atoms with van der Waals surface area (Å²) in [6.45, 7) is 8.10. The van der Waals surface area contributed by atoms with Crippen LogP contribution in [0.4, 0.5) is 15.3 Å². The summed E-state index contributed by atoms with van der Waals surface area (Å²) in [5.74, 6) is 1.21. The Kier molecular flexibility index (Phi) is 6.51. The van der Waals surface area contributed by atoms with Crippen LogP contribution in [0.1, 0.15) is 27.7 Å². The van der Waals surface area contributed by atoms with Crippen LogP contribution >= 0.6 is 0 Å². The minimum absolute atomic E-state index is 0.0772. The van der Waals surface area contributed by atoms with Crippen molar-refractivity contribution in [3.63, 3.8) is 0 Å². The number of rotatable bonds is 5. The fourth-order valence-electron chi connectivity index (χ4n) is 2.06. The first-order valence-corrected chi connectivity index (χ1v) is 8.31. The molecule has 1 aromatic rings. The summed E-state index contributed by atoms with van der Waals surface area (Å²) >= 11 is 0. The summed E-state index contributed by atoms with van der Waals surface area (Å²) < 4.78 is 16.0. The predicted molar refractivity (Wildman–Crippen MR) is 94.4 cm³/mol. The zero-order chi connectivity index (χ0) is 19.2. The van der Waals surface area contributed by atoms with Gasteiger partial charge in [0.1, 0.15) is 18.8 Å². The number of benzene rings is 1. The molecule has 1 atom stereocenters. The van der Waals surface area contributed by atoms with E-state index in [0.29, 0.717) is 30.4 Å². The van der Waals surface area contributed by atoms with Crippen molar-refractivity contribution in [2.75, 3.05) is 25.1 Å². The number of nitrogens with one attached hydrogen (secondary N) is 3. The Hall–Kier alpha value is -2.68. The molecule has 2 rings (SSSR count). The summed E-state index contributed by atoms with van der Waals surface area (Å²) in [6, 6.07) is 4.18. The van der Waals surface area contributed by atoms with Crippen molar-refractivity contribution in [2.24, 2.45) is 0 Å². The normalized spacial score (nSPS) is 14.2. The van der Waals surface area contributed by atoms with E-state index in [4.69, 9.17) is 19.0 Å². The van der Waals surface area contributed by atoms with Gasteiger partial charge in [-0.05, 0) is 39.8 Å². The average Bonchev–Trinajstić information content (AvgIpc) is 2.52. The van der Waals surface area contributed by atoms with Crippen molar-refractivity contribution in [3.8, 4) is 11.5 Å². The van der Waals surface area contributed by atoms with E-state index in [1.54, 1.807) is 45.9 Å². The number of alkyl carbamates (subject to hydrolysis) is 1. The second-order valence-electron chi connectivity index (χ2n) is 6.77. The standard InChI is InChI=1S/C17H25N3O6/c1-11(18-16(22)26-17(2,3)4)10-25-20-15(21)19-12-5-6-13-14(9-12)24-8-7-23-13/h5-6,9,11H,7-8,10H2,1-4H3,(H,18,22)(H2,19,20,21). The topological polar surface area (TPSA) is 107 Å². The second kappa shape index (κ2) is 8.61. The molecule has 9 nitrogen and oxygen atoms in total. The molecular formula is C17H25N3O6. The lowest BCUT2D eigenvalue weighted by Crippen LogP contribution is -2.41. The monoisotopic (exact) mass is 367 g/mol. The Morgan fingerprint density at radius 3 is 2.58 bits per heavy atom. The third-order valence-electron chi connectivity index (χ3n) is 3.06. The Morgan fingerprint density at radius 2 is 1.88 bits per heavy atom. The molecule has 26 heavy (non-hydrogen) atoms. The van der Waals surface area contributed by atoms with Crippen molar-refractivity contribution >= 4 is 17.8 Å². The van der Waals surface area contributed by atoms with Gasteiger partial charge in [0.25, 0.3) is 0 Å². The molecule has 0 bridgehead atoms. The van der Waals surface area contributed by atoms with Gasteiger partial charge in [0, 0.05) is 11.8 Å². The molecular weight excluding hydrogens is 342 g/mol. The number of carbonyl (C=O) groups excluding carboxylic acids is 2. The molecule has 9 heteroatoms. The molecule has 1 aliphatic heterocycles. The van der Waals surface area contributed by atoms with Gasteiger partial charge in [0.05, 0.1) is 12.6 Å². The lowest BCUT2D eigenvalue weighted by atomic mass is 10.2. The predicted octanol–water partition coefficient (Wildman–Crippen LogP) is 2.42. The highest BCUT2D eigenvalue weighted by atomic mass is 16.7. The van der Waals surface area contributed by atoms with E-state index in [1.807, 2.05) is 0 Å². The van der Waals surface area contributed by atoms with Gasteiger partial charge in [0.2, 0.25) is 0 Å². The maximum Gasteiger partial charge on any atom is 0.407 e. The Balaban J connectivity index is 1.69. The summed E-state index contributed by atoms with van der Waals surface area (Å²) in [4.78, 5) is 28.5. The first kappa shape index (κ1) is 19.6. The number of hydrogen-bond donors (Lipinski definition) is 3. The first-order chi connectivity index (χ1) is 12.2. The molecule has 3 amide bonds. The van der Waals surface area contributed by atoms with Gasteiger partial charge in [-0.3, -0.25) is 4.84 Å². The SMILES string of the molecule is CC(CONC(=O)Nc1ccc2c(c1)OCCO2)NC(=O)OC(C)(C)C. The molecule has 0 aliphatic carbocycles. The maximum absolute atomic E-state index is 11.8. The molecule has 0 fully saturated rings. The smallest absolute Gasteiger partial charge is 0.407 e. The van der Waals surface area contributed by atoms with Crippen molar-refractivity contribution in [3.05, 3.63) is 18.2 Å². The fourth-order valence-corrected chi connectivity index (χ4v) is 2.06. The van der Waals surface area contributed by atoms with Crippen molar-refractivity contribution in [1.82, 2.24) is 10.8 Å².